The van der Waals surface area contributed by atoms with E-state index in [1.54, 1.807) is 0 Å². The monoisotopic (exact) mass is 243 g/mol. The first-order valence-electron chi connectivity index (χ1n) is 5.79. The lowest BCUT2D eigenvalue weighted by Crippen LogP contribution is -2.28. The summed E-state index contributed by atoms with van der Waals surface area (Å²) in [7, 11) is 0. The molecule has 0 heterocycles. The number of nitrogens with two attached hydrogens (primary N) is 1. The van der Waals surface area contributed by atoms with E-state index >= 15 is 0 Å². The van der Waals surface area contributed by atoms with Crippen LogP contribution in [0.15, 0.2) is 12.1 Å². The standard InChI is InChI=1S/C12H19F2N3/c1-3-17(4-2)6-5-16-11-8-9(13)7-10(14)12(11)15/h7-8,16H,3-6,15H2,1-2H3. The van der Waals surface area contributed by atoms with Gasteiger partial charge in [-0.2, -0.15) is 0 Å². The zero-order valence-corrected chi connectivity index (χ0v) is 10.3. The molecule has 1 rings (SSSR count). The van der Waals surface area contributed by atoms with Crippen molar-refractivity contribution in [2.45, 2.75) is 13.8 Å². The molecule has 0 spiro atoms. The van der Waals surface area contributed by atoms with Crippen LogP contribution in [0.2, 0.25) is 0 Å². The molecule has 0 fully saturated rings. The number of benzene rings is 1. The summed E-state index contributed by atoms with van der Waals surface area (Å²) < 4.78 is 26.1. The van der Waals surface area contributed by atoms with E-state index in [-0.39, 0.29) is 5.69 Å². The fraction of sp³-hybridized carbons (Fsp3) is 0.500. The Morgan fingerprint density at radius 1 is 1.24 bits per heavy atom. The van der Waals surface area contributed by atoms with Crippen molar-refractivity contribution in [3.8, 4) is 0 Å². The summed E-state index contributed by atoms with van der Waals surface area (Å²) in [6.45, 7) is 7.45. The van der Waals surface area contributed by atoms with Crippen molar-refractivity contribution in [2.24, 2.45) is 0 Å². The lowest BCUT2D eigenvalue weighted by molar-refractivity contribution is 0.316. The largest absolute Gasteiger partial charge is 0.395 e. The number of nitrogens with one attached hydrogen (secondary N) is 1. The van der Waals surface area contributed by atoms with Crippen LogP contribution in [0.3, 0.4) is 0 Å². The Labute approximate surface area is 101 Å². The highest BCUT2D eigenvalue weighted by atomic mass is 19.1. The van der Waals surface area contributed by atoms with Crippen molar-refractivity contribution in [1.82, 2.24) is 4.90 Å². The fourth-order valence-corrected chi connectivity index (χ4v) is 1.62. The van der Waals surface area contributed by atoms with E-state index in [4.69, 9.17) is 5.73 Å². The van der Waals surface area contributed by atoms with Crippen LogP contribution < -0.4 is 11.1 Å². The first-order valence-corrected chi connectivity index (χ1v) is 5.79. The molecule has 17 heavy (non-hydrogen) atoms. The van der Waals surface area contributed by atoms with Crippen molar-refractivity contribution < 1.29 is 8.78 Å². The van der Waals surface area contributed by atoms with Gasteiger partial charge in [-0.25, -0.2) is 8.78 Å². The molecule has 0 aromatic heterocycles. The Balaban J connectivity index is 2.57. The smallest absolute Gasteiger partial charge is 0.151 e. The Morgan fingerprint density at radius 2 is 1.88 bits per heavy atom. The van der Waals surface area contributed by atoms with Crippen LogP contribution in [0.5, 0.6) is 0 Å². The molecule has 5 heteroatoms. The van der Waals surface area contributed by atoms with Crippen LogP contribution in [-0.4, -0.2) is 31.1 Å². The van der Waals surface area contributed by atoms with Crippen LogP contribution in [0.25, 0.3) is 0 Å². The quantitative estimate of drug-likeness (QED) is 0.753. The molecule has 0 saturated heterocycles. The molecular formula is C12H19F2N3. The van der Waals surface area contributed by atoms with Crippen LogP contribution in [0.1, 0.15) is 13.8 Å². The molecule has 0 saturated carbocycles. The van der Waals surface area contributed by atoms with Crippen LogP contribution in [0, 0.1) is 11.6 Å². The average molecular weight is 243 g/mol. The third-order valence-corrected chi connectivity index (χ3v) is 2.73. The van der Waals surface area contributed by atoms with Crippen molar-refractivity contribution in [2.75, 3.05) is 37.2 Å². The molecule has 0 radical (unpaired) electrons. The van der Waals surface area contributed by atoms with Gasteiger partial charge in [-0.05, 0) is 19.2 Å². The predicted molar refractivity (Wildman–Crippen MR) is 67.0 cm³/mol. The predicted octanol–water partition coefficient (Wildman–Crippen LogP) is 2.30. The number of halogens is 2. The van der Waals surface area contributed by atoms with Gasteiger partial charge in [0.1, 0.15) is 5.82 Å². The van der Waals surface area contributed by atoms with E-state index in [2.05, 4.69) is 24.1 Å². The lowest BCUT2D eigenvalue weighted by atomic mass is 10.2. The van der Waals surface area contributed by atoms with Crippen LogP contribution in [0.4, 0.5) is 20.2 Å². The van der Waals surface area contributed by atoms with E-state index < -0.39 is 11.6 Å². The molecule has 0 amide bonds. The highest BCUT2D eigenvalue weighted by Gasteiger charge is 2.08. The summed E-state index contributed by atoms with van der Waals surface area (Å²) in [5, 5.41) is 2.95. The Morgan fingerprint density at radius 3 is 2.47 bits per heavy atom. The summed E-state index contributed by atoms with van der Waals surface area (Å²) in [4.78, 5) is 2.21. The molecule has 0 bridgehead atoms. The number of nitrogen functional groups attached to an aromatic ring is 1. The maximum Gasteiger partial charge on any atom is 0.151 e. The van der Waals surface area contributed by atoms with Gasteiger partial charge >= 0.3 is 0 Å². The highest BCUT2D eigenvalue weighted by Crippen LogP contribution is 2.22. The van der Waals surface area contributed by atoms with Gasteiger partial charge in [0.2, 0.25) is 0 Å². The molecule has 0 atom stereocenters. The first-order chi connectivity index (χ1) is 8.08. The third kappa shape index (κ3) is 3.85. The van der Waals surface area contributed by atoms with Gasteiger partial charge in [-0.3, -0.25) is 0 Å². The molecule has 1 aromatic carbocycles. The molecule has 96 valence electrons. The number of hydrogen-bond acceptors (Lipinski definition) is 3. The summed E-state index contributed by atoms with van der Waals surface area (Å²) in [5.41, 5.74) is 5.79. The third-order valence-electron chi connectivity index (χ3n) is 2.73. The van der Waals surface area contributed by atoms with Gasteiger partial charge in [0.15, 0.2) is 5.82 Å². The lowest BCUT2D eigenvalue weighted by Gasteiger charge is -2.19. The number of rotatable bonds is 6. The second-order valence-electron chi connectivity index (χ2n) is 3.80. The number of hydrogen-bond donors (Lipinski definition) is 2. The summed E-state index contributed by atoms with van der Waals surface area (Å²) in [6, 6.07) is 1.99. The van der Waals surface area contributed by atoms with Crippen molar-refractivity contribution in [1.29, 1.82) is 0 Å². The van der Waals surface area contributed by atoms with Gasteiger partial charge in [0.25, 0.3) is 0 Å². The minimum absolute atomic E-state index is 0.0362. The van der Waals surface area contributed by atoms with Gasteiger partial charge in [0.05, 0.1) is 11.4 Å². The molecule has 0 aliphatic heterocycles. The second-order valence-corrected chi connectivity index (χ2v) is 3.80. The van der Waals surface area contributed by atoms with Crippen molar-refractivity contribution in [3.05, 3.63) is 23.8 Å². The minimum atomic E-state index is -0.727. The zero-order chi connectivity index (χ0) is 12.8. The Hall–Kier alpha value is -1.36. The van der Waals surface area contributed by atoms with E-state index in [0.29, 0.717) is 12.2 Å². The van der Waals surface area contributed by atoms with Crippen molar-refractivity contribution in [3.63, 3.8) is 0 Å². The highest BCUT2D eigenvalue weighted by molar-refractivity contribution is 5.66. The van der Waals surface area contributed by atoms with E-state index in [1.165, 1.54) is 6.07 Å². The molecule has 0 unspecified atom stereocenters. The van der Waals surface area contributed by atoms with Gasteiger partial charge < -0.3 is 16.0 Å². The van der Waals surface area contributed by atoms with Crippen LogP contribution >= 0.6 is 0 Å². The zero-order valence-electron chi connectivity index (χ0n) is 10.3. The number of nitrogens with zero attached hydrogens (tertiary/aromatic N) is 1. The number of anilines is 2. The van der Waals surface area contributed by atoms with Crippen molar-refractivity contribution >= 4 is 11.4 Å². The molecular weight excluding hydrogens is 224 g/mol. The summed E-state index contributed by atoms with van der Waals surface area (Å²) in [6.07, 6.45) is 0. The average Bonchev–Trinajstić information content (AvgIpc) is 2.30. The van der Waals surface area contributed by atoms with Crippen LogP contribution in [-0.2, 0) is 0 Å². The summed E-state index contributed by atoms with van der Waals surface area (Å²) >= 11 is 0. The topological polar surface area (TPSA) is 41.3 Å². The van der Waals surface area contributed by atoms with E-state index in [9.17, 15) is 8.78 Å². The minimum Gasteiger partial charge on any atom is -0.395 e. The Bertz CT molecular complexity index is 365. The second kappa shape index (κ2) is 6.39. The Kier molecular flexibility index (Phi) is 5.15. The molecule has 3 nitrogen and oxygen atoms in total. The maximum atomic E-state index is 13.1. The fourth-order valence-electron chi connectivity index (χ4n) is 1.62. The first kappa shape index (κ1) is 13.7. The van der Waals surface area contributed by atoms with E-state index in [1.807, 2.05) is 0 Å². The molecule has 0 aliphatic carbocycles. The normalized spacial score (nSPS) is 10.9. The summed E-state index contributed by atoms with van der Waals surface area (Å²) in [5.74, 6) is -1.35. The van der Waals surface area contributed by atoms with E-state index in [0.717, 1.165) is 25.7 Å². The maximum absolute atomic E-state index is 13.1. The molecule has 1 aromatic rings. The molecule has 3 N–H and O–H groups in total. The van der Waals surface area contributed by atoms with Gasteiger partial charge in [0, 0.05) is 19.2 Å². The number of likely N-dealkylation sites (N-methyl/N-ethyl adjacent to an activating group) is 1. The van der Waals surface area contributed by atoms with Gasteiger partial charge in [-0.1, -0.05) is 13.8 Å². The molecule has 0 aliphatic rings. The van der Waals surface area contributed by atoms with Gasteiger partial charge in [-0.15, -0.1) is 0 Å². The SMILES string of the molecule is CCN(CC)CCNc1cc(F)cc(F)c1N.